The number of hydrogen-bond acceptors (Lipinski definition) is 2. The predicted molar refractivity (Wildman–Crippen MR) is 90.4 cm³/mol. The quantitative estimate of drug-likeness (QED) is 0.888. The molecule has 0 aliphatic rings. The molecule has 1 N–H and O–H groups in total. The lowest BCUT2D eigenvalue weighted by Crippen LogP contribution is -2.33. The number of ether oxygens (including phenoxy) is 1. The van der Waals surface area contributed by atoms with Gasteiger partial charge in [0, 0.05) is 5.69 Å². The van der Waals surface area contributed by atoms with Gasteiger partial charge in [0.05, 0.1) is 0 Å². The Morgan fingerprint density at radius 1 is 1.00 bits per heavy atom. The zero-order chi connectivity index (χ0) is 16.1. The second kappa shape index (κ2) is 7.12. The Kier molecular flexibility index (Phi) is 5.21. The van der Waals surface area contributed by atoms with Crippen LogP contribution in [0.25, 0.3) is 0 Å². The molecule has 0 aromatic heterocycles. The molecule has 2 aromatic rings. The van der Waals surface area contributed by atoms with Gasteiger partial charge in [-0.15, -0.1) is 0 Å². The van der Waals surface area contributed by atoms with Gasteiger partial charge in [-0.1, -0.05) is 43.3 Å². The minimum Gasteiger partial charge on any atom is -0.480 e. The number of nitrogens with one attached hydrogen (secondary N) is 1. The van der Waals surface area contributed by atoms with Crippen LogP contribution in [-0.4, -0.2) is 12.0 Å². The van der Waals surface area contributed by atoms with Crippen LogP contribution in [0.1, 0.15) is 30.0 Å². The SMILES string of the molecule is CC[C@H](Oc1ccccc1C)C(=O)Nc1c(C)cccc1C. The number of para-hydroxylation sites is 2. The number of rotatable bonds is 5. The third kappa shape index (κ3) is 3.67. The topological polar surface area (TPSA) is 38.3 Å². The molecular formula is C19H23NO2. The number of benzene rings is 2. The molecule has 0 fully saturated rings. The maximum absolute atomic E-state index is 12.5. The number of anilines is 1. The summed E-state index contributed by atoms with van der Waals surface area (Å²) in [5.74, 6) is 0.647. The van der Waals surface area contributed by atoms with E-state index in [1.807, 2.05) is 70.2 Å². The van der Waals surface area contributed by atoms with Gasteiger partial charge in [-0.2, -0.15) is 0 Å². The van der Waals surface area contributed by atoms with Crippen molar-refractivity contribution in [2.75, 3.05) is 5.32 Å². The Balaban J connectivity index is 2.14. The first kappa shape index (κ1) is 16.1. The molecular weight excluding hydrogens is 274 g/mol. The normalized spacial score (nSPS) is 11.8. The van der Waals surface area contributed by atoms with Gasteiger partial charge in [-0.05, 0) is 49.9 Å². The first-order chi connectivity index (χ1) is 10.5. The standard InChI is InChI=1S/C19H23NO2/c1-5-16(22-17-12-7-6-9-13(17)2)19(21)20-18-14(3)10-8-11-15(18)4/h6-12,16H,5H2,1-4H3,(H,20,21)/t16-/m0/s1. The number of amides is 1. The molecule has 0 radical (unpaired) electrons. The third-order valence-corrected chi connectivity index (χ3v) is 3.76. The summed E-state index contributed by atoms with van der Waals surface area (Å²) in [6, 6.07) is 13.7. The largest absolute Gasteiger partial charge is 0.480 e. The van der Waals surface area contributed by atoms with E-state index in [0.717, 1.165) is 28.1 Å². The molecule has 22 heavy (non-hydrogen) atoms. The van der Waals surface area contributed by atoms with E-state index >= 15 is 0 Å². The second-order valence-corrected chi connectivity index (χ2v) is 5.54. The highest BCUT2D eigenvalue weighted by Gasteiger charge is 2.20. The van der Waals surface area contributed by atoms with E-state index in [1.165, 1.54) is 0 Å². The molecule has 0 aliphatic heterocycles. The van der Waals surface area contributed by atoms with Crippen molar-refractivity contribution < 1.29 is 9.53 Å². The Bertz CT molecular complexity index is 644. The van der Waals surface area contributed by atoms with Crippen molar-refractivity contribution in [2.45, 2.75) is 40.2 Å². The van der Waals surface area contributed by atoms with Crippen LogP contribution in [0.2, 0.25) is 0 Å². The summed E-state index contributed by atoms with van der Waals surface area (Å²) in [5.41, 5.74) is 4.01. The Morgan fingerprint density at radius 2 is 1.59 bits per heavy atom. The third-order valence-electron chi connectivity index (χ3n) is 3.76. The molecule has 0 bridgehead atoms. The van der Waals surface area contributed by atoms with Crippen molar-refractivity contribution in [2.24, 2.45) is 0 Å². The fourth-order valence-electron chi connectivity index (χ4n) is 2.38. The first-order valence-electron chi connectivity index (χ1n) is 7.62. The average molecular weight is 297 g/mol. The summed E-state index contributed by atoms with van der Waals surface area (Å²) >= 11 is 0. The summed E-state index contributed by atoms with van der Waals surface area (Å²) in [6.45, 7) is 7.91. The number of carbonyl (C=O) groups is 1. The van der Waals surface area contributed by atoms with Gasteiger partial charge < -0.3 is 10.1 Å². The van der Waals surface area contributed by atoms with Crippen LogP contribution in [-0.2, 0) is 4.79 Å². The highest BCUT2D eigenvalue weighted by molar-refractivity contribution is 5.95. The minimum absolute atomic E-state index is 0.108. The summed E-state index contributed by atoms with van der Waals surface area (Å²) in [5, 5.41) is 3.01. The average Bonchev–Trinajstić information content (AvgIpc) is 2.50. The first-order valence-corrected chi connectivity index (χ1v) is 7.62. The second-order valence-electron chi connectivity index (χ2n) is 5.54. The fourth-order valence-corrected chi connectivity index (χ4v) is 2.38. The van der Waals surface area contributed by atoms with Crippen molar-refractivity contribution in [3.05, 3.63) is 59.2 Å². The fraction of sp³-hybridized carbons (Fsp3) is 0.316. The van der Waals surface area contributed by atoms with Gasteiger partial charge in [0.25, 0.3) is 5.91 Å². The van der Waals surface area contributed by atoms with Crippen LogP contribution in [0.4, 0.5) is 5.69 Å². The Morgan fingerprint density at radius 3 is 2.18 bits per heavy atom. The molecule has 0 spiro atoms. The maximum Gasteiger partial charge on any atom is 0.265 e. The summed E-state index contributed by atoms with van der Waals surface area (Å²) in [4.78, 5) is 12.5. The van der Waals surface area contributed by atoms with E-state index < -0.39 is 6.10 Å². The van der Waals surface area contributed by atoms with Crippen LogP contribution < -0.4 is 10.1 Å². The molecule has 0 saturated carbocycles. The van der Waals surface area contributed by atoms with Crippen molar-refractivity contribution in [3.8, 4) is 5.75 Å². The van der Waals surface area contributed by atoms with E-state index in [4.69, 9.17) is 4.74 Å². The van der Waals surface area contributed by atoms with Crippen LogP contribution >= 0.6 is 0 Å². The monoisotopic (exact) mass is 297 g/mol. The highest BCUT2D eigenvalue weighted by atomic mass is 16.5. The molecule has 0 heterocycles. The van der Waals surface area contributed by atoms with Crippen LogP contribution in [0.5, 0.6) is 5.75 Å². The number of carbonyl (C=O) groups excluding carboxylic acids is 1. The Labute approximate surface area is 132 Å². The van der Waals surface area contributed by atoms with Gasteiger partial charge in [0.2, 0.25) is 0 Å². The molecule has 0 unspecified atom stereocenters. The van der Waals surface area contributed by atoms with Crippen molar-refractivity contribution in [1.29, 1.82) is 0 Å². The van der Waals surface area contributed by atoms with E-state index in [2.05, 4.69) is 5.32 Å². The van der Waals surface area contributed by atoms with Crippen LogP contribution in [0.15, 0.2) is 42.5 Å². The van der Waals surface area contributed by atoms with E-state index in [0.29, 0.717) is 6.42 Å². The molecule has 0 aliphatic carbocycles. The lowest BCUT2D eigenvalue weighted by Gasteiger charge is -2.20. The van der Waals surface area contributed by atoms with Crippen LogP contribution in [0.3, 0.4) is 0 Å². The van der Waals surface area contributed by atoms with Gasteiger partial charge in [0.1, 0.15) is 5.75 Å². The molecule has 1 amide bonds. The molecule has 116 valence electrons. The van der Waals surface area contributed by atoms with E-state index in [9.17, 15) is 4.79 Å². The van der Waals surface area contributed by atoms with Crippen molar-refractivity contribution in [1.82, 2.24) is 0 Å². The maximum atomic E-state index is 12.5. The number of hydrogen-bond donors (Lipinski definition) is 1. The molecule has 2 rings (SSSR count). The zero-order valence-corrected chi connectivity index (χ0v) is 13.6. The molecule has 1 atom stereocenters. The minimum atomic E-state index is -0.500. The predicted octanol–water partition coefficient (Wildman–Crippen LogP) is 4.41. The van der Waals surface area contributed by atoms with Gasteiger partial charge >= 0.3 is 0 Å². The van der Waals surface area contributed by atoms with E-state index in [1.54, 1.807) is 0 Å². The zero-order valence-electron chi connectivity index (χ0n) is 13.6. The van der Waals surface area contributed by atoms with Gasteiger partial charge in [-0.25, -0.2) is 0 Å². The Hall–Kier alpha value is -2.29. The molecule has 0 saturated heterocycles. The number of aryl methyl sites for hydroxylation is 3. The molecule has 2 aromatic carbocycles. The van der Waals surface area contributed by atoms with Gasteiger partial charge in [0.15, 0.2) is 6.10 Å². The smallest absolute Gasteiger partial charge is 0.265 e. The lowest BCUT2D eigenvalue weighted by molar-refractivity contribution is -0.122. The summed E-state index contributed by atoms with van der Waals surface area (Å²) in [7, 11) is 0. The van der Waals surface area contributed by atoms with Gasteiger partial charge in [-0.3, -0.25) is 4.79 Å². The molecule has 3 nitrogen and oxygen atoms in total. The summed E-state index contributed by atoms with van der Waals surface area (Å²) in [6.07, 6.45) is 0.116. The summed E-state index contributed by atoms with van der Waals surface area (Å²) < 4.78 is 5.90. The van der Waals surface area contributed by atoms with Crippen molar-refractivity contribution in [3.63, 3.8) is 0 Å². The highest BCUT2D eigenvalue weighted by Crippen LogP contribution is 2.22. The van der Waals surface area contributed by atoms with E-state index in [-0.39, 0.29) is 5.91 Å². The molecule has 3 heteroatoms. The van der Waals surface area contributed by atoms with Crippen molar-refractivity contribution >= 4 is 11.6 Å². The van der Waals surface area contributed by atoms with Crippen LogP contribution in [0, 0.1) is 20.8 Å². The lowest BCUT2D eigenvalue weighted by atomic mass is 10.1.